The number of sulfonamides is 1. The molecule has 2 aromatic carbocycles. The first-order chi connectivity index (χ1) is 18.2. The van der Waals surface area contributed by atoms with Gasteiger partial charge in [0.2, 0.25) is 15.9 Å². The number of piperidine rings is 1. The van der Waals surface area contributed by atoms with Crippen LogP contribution in [-0.2, 0) is 21.4 Å². The molecule has 1 saturated carbocycles. The molecule has 9 heteroatoms. The molecule has 0 spiro atoms. The van der Waals surface area contributed by atoms with Gasteiger partial charge in [-0.2, -0.15) is 0 Å². The Morgan fingerprint density at radius 3 is 2.16 bits per heavy atom. The summed E-state index contributed by atoms with van der Waals surface area (Å²) in [5.74, 6) is 2.16. The first kappa shape index (κ1) is 28.4. The van der Waals surface area contributed by atoms with Crippen LogP contribution in [0.15, 0.2) is 48.5 Å². The van der Waals surface area contributed by atoms with Crippen LogP contribution in [0, 0.1) is 5.92 Å². The number of hydrogen-bond donors (Lipinski definition) is 3. The maximum absolute atomic E-state index is 12.6. The second-order valence-electron chi connectivity index (χ2n) is 10.8. The normalized spacial score (nSPS) is 18.6. The first-order valence-electron chi connectivity index (χ1n) is 13.8. The lowest BCUT2D eigenvalue weighted by Gasteiger charge is -2.34. The van der Waals surface area contributed by atoms with Crippen LogP contribution in [0.25, 0.3) is 0 Å². The summed E-state index contributed by atoms with van der Waals surface area (Å²) in [7, 11) is -3.30. The molecule has 1 saturated heterocycles. The lowest BCUT2D eigenvalue weighted by molar-refractivity contribution is -0.123. The van der Waals surface area contributed by atoms with E-state index in [0.29, 0.717) is 23.4 Å². The summed E-state index contributed by atoms with van der Waals surface area (Å²) in [6.07, 6.45) is 9.62. The third kappa shape index (κ3) is 9.29. The van der Waals surface area contributed by atoms with Gasteiger partial charge in [0.15, 0.2) is 0 Å². The summed E-state index contributed by atoms with van der Waals surface area (Å²) in [4.78, 5) is 15.0. The molecule has 2 aromatic rings. The number of ether oxygens (including phenoxy) is 1. The van der Waals surface area contributed by atoms with E-state index in [1.807, 2.05) is 19.1 Å². The highest BCUT2D eigenvalue weighted by molar-refractivity contribution is 7.92. The van der Waals surface area contributed by atoms with Gasteiger partial charge in [-0.1, -0.05) is 31.4 Å². The highest BCUT2D eigenvalue weighted by atomic mass is 32.2. The number of hydrogen-bond acceptors (Lipinski definition) is 6. The summed E-state index contributed by atoms with van der Waals surface area (Å²) in [6.45, 7) is 5.69. The van der Waals surface area contributed by atoms with Gasteiger partial charge in [0.05, 0.1) is 12.3 Å². The van der Waals surface area contributed by atoms with Crippen molar-refractivity contribution in [2.45, 2.75) is 70.5 Å². The number of amides is 1. The van der Waals surface area contributed by atoms with E-state index in [4.69, 9.17) is 4.74 Å². The monoisotopic (exact) mass is 542 g/mol. The lowest BCUT2D eigenvalue weighted by atomic mass is 9.89. The zero-order valence-electron chi connectivity index (χ0n) is 22.6. The topological polar surface area (TPSA) is 99.8 Å². The Kier molecular flexibility index (Phi) is 10.0. The van der Waals surface area contributed by atoms with Gasteiger partial charge >= 0.3 is 0 Å². The zero-order chi connectivity index (χ0) is 27.0. The minimum Gasteiger partial charge on any atom is -0.457 e. The van der Waals surface area contributed by atoms with E-state index in [0.717, 1.165) is 51.0 Å². The molecule has 2 aliphatic rings. The third-order valence-electron chi connectivity index (χ3n) is 7.48. The third-order valence-corrected chi connectivity index (χ3v) is 8.09. The van der Waals surface area contributed by atoms with Gasteiger partial charge in [-0.05, 0) is 93.6 Å². The van der Waals surface area contributed by atoms with E-state index >= 15 is 0 Å². The number of carbonyl (C=O) groups is 1. The molecule has 0 bridgehead atoms. The number of rotatable bonds is 11. The number of carbonyl (C=O) groups excluding carboxylic acids is 1. The highest BCUT2D eigenvalue weighted by Gasteiger charge is 2.23. The van der Waals surface area contributed by atoms with Crippen LogP contribution < -0.4 is 20.1 Å². The van der Waals surface area contributed by atoms with Gasteiger partial charge in [-0.25, -0.2) is 8.42 Å². The molecule has 1 aliphatic heterocycles. The van der Waals surface area contributed by atoms with Crippen molar-refractivity contribution in [2.24, 2.45) is 5.92 Å². The maximum atomic E-state index is 12.6. The number of nitrogens with zero attached hydrogens (tertiary/aromatic N) is 1. The molecule has 1 unspecified atom stereocenters. The van der Waals surface area contributed by atoms with Crippen LogP contribution in [0.3, 0.4) is 0 Å². The molecule has 38 heavy (non-hydrogen) atoms. The Labute approximate surface area is 227 Å². The predicted molar refractivity (Wildman–Crippen MR) is 152 cm³/mol. The standard InChI is InChI=1S/C29H42N4O4S/c1-22(29(34)30-20-23-6-4-3-5-7-23)31-25-16-18-33(19-17-25)21-24-8-12-27(13-9-24)37-28-14-10-26(11-15-28)32-38(2,35)36/h8-15,22-23,25,31-32H,3-7,16-21H2,1-2H3,(H,30,34). The number of anilines is 1. The Morgan fingerprint density at radius 1 is 0.947 bits per heavy atom. The molecule has 1 heterocycles. The van der Waals surface area contributed by atoms with Crippen LogP contribution >= 0.6 is 0 Å². The van der Waals surface area contributed by atoms with Crippen molar-refractivity contribution in [3.63, 3.8) is 0 Å². The zero-order valence-corrected chi connectivity index (χ0v) is 23.4. The minimum absolute atomic E-state index is 0.127. The van der Waals surface area contributed by atoms with E-state index in [2.05, 4.69) is 32.4 Å². The summed E-state index contributed by atoms with van der Waals surface area (Å²) in [5, 5.41) is 6.71. The fraction of sp³-hybridized carbons (Fsp3) is 0.552. The van der Waals surface area contributed by atoms with Crippen molar-refractivity contribution in [3.8, 4) is 11.5 Å². The molecule has 1 atom stereocenters. The molecule has 0 radical (unpaired) electrons. The van der Waals surface area contributed by atoms with Crippen molar-refractivity contribution < 1.29 is 17.9 Å². The average Bonchev–Trinajstić information content (AvgIpc) is 2.90. The van der Waals surface area contributed by atoms with Crippen molar-refractivity contribution in [3.05, 3.63) is 54.1 Å². The van der Waals surface area contributed by atoms with Crippen molar-refractivity contribution >= 4 is 21.6 Å². The smallest absolute Gasteiger partial charge is 0.236 e. The summed E-state index contributed by atoms with van der Waals surface area (Å²) in [6, 6.07) is 15.1. The SMILES string of the molecule is CC(NC1CCN(Cc2ccc(Oc3ccc(NS(C)(=O)=O)cc3)cc2)CC1)C(=O)NCC1CCCCC1. The van der Waals surface area contributed by atoms with Crippen LogP contribution in [-0.4, -0.2) is 57.2 Å². The minimum atomic E-state index is -3.30. The van der Waals surface area contributed by atoms with E-state index < -0.39 is 10.0 Å². The van der Waals surface area contributed by atoms with Gasteiger partial charge in [0.1, 0.15) is 11.5 Å². The summed E-state index contributed by atoms with van der Waals surface area (Å²) < 4.78 is 31.0. The van der Waals surface area contributed by atoms with E-state index in [-0.39, 0.29) is 11.9 Å². The molecule has 2 fully saturated rings. The van der Waals surface area contributed by atoms with Gasteiger partial charge in [-0.15, -0.1) is 0 Å². The fourth-order valence-corrected chi connectivity index (χ4v) is 5.90. The average molecular weight is 543 g/mol. The molecule has 3 N–H and O–H groups in total. The molecular weight excluding hydrogens is 500 g/mol. The van der Waals surface area contributed by atoms with Gasteiger partial charge in [0, 0.05) is 24.8 Å². The second kappa shape index (κ2) is 13.4. The van der Waals surface area contributed by atoms with Crippen LogP contribution in [0.5, 0.6) is 11.5 Å². The Morgan fingerprint density at radius 2 is 1.55 bits per heavy atom. The summed E-state index contributed by atoms with van der Waals surface area (Å²) in [5.41, 5.74) is 1.73. The Bertz CT molecular complexity index is 1120. The molecule has 1 aliphatic carbocycles. The largest absolute Gasteiger partial charge is 0.457 e. The maximum Gasteiger partial charge on any atom is 0.236 e. The van der Waals surface area contributed by atoms with Crippen molar-refractivity contribution in [1.29, 1.82) is 0 Å². The molecule has 1 amide bonds. The van der Waals surface area contributed by atoms with E-state index in [1.54, 1.807) is 24.3 Å². The molecular formula is C29H42N4O4S. The lowest BCUT2D eigenvalue weighted by Crippen LogP contribution is -2.50. The van der Waals surface area contributed by atoms with Gasteiger partial charge < -0.3 is 15.4 Å². The number of benzene rings is 2. The second-order valence-corrected chi connectivity index (χ2v) is 12.6. The van der Waals surface area contributed by atoms with Crippen LogP contribution in [0.2, 0.25) is 0 Å². The highest BCUT2D eigenvalue weighted by Crippen LogP contribution is 2.25. The Hall–Kier alpha value is -2.62. The molecule has 8 nitrogen and oxygen atoms in total. The molecule has 208 valence electrons. The van der Waals surface area contributed by atoms with Gasteiger partial charge in [0.25, 0.3) is 0 Å². The van der Waals surface area contributed by atoms with Crippen molar-refractivity contribution in [2.75, 3.05) is 30.6 Å². The summed E-state index contributed by atoms with van der Waals surface area (Å²) >= 11 is 0. The van der Waals surface area contributed by atoms with Crippen LogP contribution in [0.4, 0.5) is 5.69 Å². The quantitative estimate of drug-likeness (QED) is 0.387. The number of likely N-dealkylation sites (tertiary alicyclic amines) is 1. The number of nitrogens with one attached hydrogen (secondary N) is 3. The van der Waals surface area contributed by atoms with Crippen molar-refractivity contribution in [1.82, 2.24) is 15.5 Å². The molecule has 0 aromatic heterocycles. The van der Waals surface area contributed by atoms with E-state index in [9.17, 15) is 13.2 Å². The Balaban J connectivity index is 1.16. The van der Waals surface area contributed by atoms with Gasteiger partial charge in [-0.3, -0.25) is 14.4 Å². The molecule has 4 rings (SSSR count). The van der Waals surface area contributed by atoms with E-state index in [1.165, 1.54) is 37.7 Å². The first-order valence-corrected chi connectivity index (χ1v) is 15.7. The fourth-order valence-electron chi connectivity index (χ4n) is 5.34. The van der Waals surface area contributed by atoms with Crippen LogP contribution in [0.1, 0.15) is 57.4 Å². The predicted octanol–water partition coefficient (Wildman–Crippen LogP) is 4.49.